The summed E-state index contributed by atoms with van der Waals surface area (Å²) in [4.78, 5) is 22.7. The Morgan fingerprint density at radius 2 is 1.90 bits per heavy atom. The van der Waals surface area contributed by atoms with Crippen molar-refractivity contribution in [1.82, 2.24) is 10.6 Å². The maximum atomic E-state index is 12.0. The predicted octanol–water partition coefficient (Wildman–Crippen LogP) is 2.64. The molecule has 2 unspecified atom stereocenters. The lowest BCUT2D eigenvalue weighted by atomic mass is 10.0. The second kappa shape index (κ2) is 9.28. The average molecular weight is 310 g/mol. The highest BCUT2D eigenvalue weighted by atomic mass is 32.2. The number of nitrogens with one attached hydrogen (secondary N) is 2. The van der Waals surface area contributed by atoms with Crippen molar-refractivity contribution in [2.45, 2.75) is 31.8 Å². The van der Waals surface area contributed by atoms with E-state index >= 15 is 0 Å². The van der Waals surface area contributed by atoms with E-state index in [9.17, 15) is 9.59 Å². The number of carbonyl (C=O) groups is 2. The molecular formula is C15H22N2O3S. The number of carboxylic acids is 1. The van der Waals surface area contributed by atoms with E-state index in [0.717, 1.165) is 11.3 Å². The minimum absolute atomic E-state index is 0.0141. The van der Waals surface area contributed by atoms with Crippen LogP contribution >= 0.6 is 11.8 Å². The third-order valence-electron chi connectivity index (χ3n) is 2.95. The molecule has 0 aliphatic carbocycles. The summed E-state index contributed by atoms with van der Waals surface area (Å²) >= 11 is 1.66. The van der Waals surface area contributed by atoms with Crippen molar-refractivity contribution in [1.29, 1.82) is 0 Å². The standard InChI is InChI=1S/C15H22N2O3S/c1-11(10-21-2)16-15(20)17-13(8-9-14(18)19)12-6-4-3-5-7-12/h3-7,11,13H,8-10H2,1-2H3,(H,18,19)(H2,16,17,20). The lowest BCUT2D eigenvalue weighted by Gasteiger charge is -2.21. The molecule has 0 aliphatic rings. The number of carbonyl (C=O) groups excluding carboxylic acids is 1. The average Bonchev–Trinajstić information content (AvgIpc) is 2.44. The fourth-order valence-electron chi connectivity index (χ4n) is 1.99. The van der Waals surface area contributed by atoms with Crippen molar-refractivity contribution in [3.05, 3.63) is 35.9 Å². The summed E-state index contributed by atoms with van der Waals surface area (Å²) in [5, 5.41) is 14.5. The molecule has 6 heteroatoms. The zero-order chi connectivity index (χ0) is 15.7. The van der Waals surface area contributed by atoms with Crippen molar-refractivity contribution < 1.29 is 14.7 Å². The third-order valence-corrected chi connectivity index (χ3v) is 3.78. The summed E-state index contributed by atoms with van der Waals surface area (Å²) in [6, 6.07) is 8.91. The molecule has 1 aromatic carbocycles. The molecule has 5 nitrogen and oxygen atoms in total. The Morgan fingerprint density at radius 1 is 1.24 bits per heavy atom. The molecule has 3 N–H and O–H groups in total. The molecule has 21 heavy (non-hydrogen) atoms. The van der Waals surface area contributed by atoms with Gasteiger partial charge in [0.1, 0.15) is 0 Å². The monoisotopic (exact) mass is 310 g/mol. The Balaban J connectivity index is 2.64. The molecule has 0 fully saturated rings. The van der Waals surface area contributed by atoms with Gasteiger partial charge in [-0.15, -0.1) is 0 Å². The van der Waals surface area contributed by atoms with Crippen molar-refractivity contribution in [2.75, 3.05) is 12.0 Å². The summed E-state index contributed by atoms with van der Waals surface area (Å²) < 4.78 is 0. The number of benzene rings is 1. The van der Waals surface area contributed by atoms with E-state index in [1.807, 2.05) is 43.5 Å². The summed E-state index contributed by atoms with van der Waals surface area (Å²) in [6.07, 6.45) is 2.36. The Hall–Kier alpha value is -1.69. The summed E-state index contributed by atoms with van der Waals surface area (Å²) in [5.41, 5.74) is 0.909. The largest absolute Gasteiger partial charge is 0.481 e. The number of aliphatic carboxylic acids is 1. The zero-order valence-electron chi connectivity index (χ0n) is 12.3. The summed E-state index contributed by atoms with van der Waals surface area (Å²) in [6.45, 7) is 1.94. The first-order chi connectivity index (χ1) is 10.0. The van der Waals surface area contributed by atoms with Crippen LogP contribution in [0.15, 0.2) is 30.3 Å². The van der Waals surface area contributed by atoms with Gasteiger partial charge in [0.15, 0.2) is 0 Å². The lowest BCUT2D eigenvalue weighted by molar-refractivity contribution is -0.137. The maximum absolute atomic E-state index is 12.0. The SMILES string of the molecule is CSCC(C)NC(=O)NC(CCC(=O)O)c1ccccc1. The van der Waals surface area contributed by atoms with Gasteiger partial charge in [0.05, 0.1) is 6.04 Å². The van der Waals surface area contributed by atoms with E-state index in [2.05, 4.69) is 10.6 Å². The van der Waals surface area contributed by atoms with E-state index in [-0.39, 0.29) is 24.5 Å². The number of hydrogen-bond acceptors (Lipinski definition) is 3. The summed E-state index contributed by atoms with van der Waals surface area (Å²) in [7, 11) is 0. The quantitative estimate of drug-likeness (QED) is 0.690. The van der Waals surface area contributed by atoms with Crippen LogP contribution in [0.2, 0.25) is 0 Å². The van der Waals surface area contributed by atoms with Crippen LogP contribution in [-0.4, -0.2) is 35.2 Å². The molecule has 0 aliphatic heterocycles. The molecule has 0 aromatic heterocycles. The van der Waals surface area contributed by atoms with Crippen LogP contribution in [0.5, 0.6) is 0 Å². The fraction of sp³-hybridized carbons (Fsp3) is 0.467. The van der Waals surface area contributed by atoms with Crippen molar-refractivity contribution >= 4 is 23.8 Å². The van der Waals surface area contributed by atoms with Gasteiger partial charge in [-0.3, -0.25) is 4.79 Å². The molecule has 0 saturated carbocycles. The fourth-order valence-corrected chi connectivity index (χ4v) is 2.57. The van der Waals surface area contributed by atoms with Gasteiger partial charge in [-0.1, -0.05) is 30.3 Å². The predicted molar refractivity (Wildman–Crippen MR) is 85.6 cm³/mol. The van der Waals surface area contributed by atoms with Crippen LogP contribution < -0.4 is 10.6 Å². The van der Waals surface area contributed by atoms with Crippen LogP contribution in [-0.2, 0) is 4.79 Å². The Morgan fingerprint density at radius 3 is 2.48 bits per heavy atom. The van der Waals surface area contributed by atoms with Crippen molar-refractivity contribution in [3.8, 4) is 0 Å². The Labute approximate surface area is 129 Å². The summed E-state index contributed by atoms with van der Waals surface area (Å²) in [5.74, 6) is -0.0349. The molecule has 2 atom stereocenters. The van der Waals surface area contributed by atoms with Gasteiger partial charge >= 0.3 is 12.0 Å². The molecule has 0 radical (unpaired) electrons. The van der Waals surface area contributed by atoms with Gasteiger partial charge in [-0.2, -0.15) is 11.8 Å². The van der Waals surface area contributed by atoms with E-state index in [0.29, 0.717) is 6.42 Å². The first-order valence-corrected chi connectivity index (χ1v) is 8.25. The van der Waals surface area contributed by atoms with Crippen LogP contribution in [0, 0.1) is 0 Å². The first kappa shape index (κ1) is 17.4. The smallest absolute Gasteiger partial charge is 0.315 e. The van der Waals surface area contributed by atoms with Gasteiger partial charge in [-0.05, 0) is 25.2 Å². The highest BCUT2D eigenvalue weighted by molar-refractivity contribution is 7.98. The van der Waals surface area contributed by atoms with Gasteiger partial charge in [0, 0.05) is 18.2 Å². The van der Waals surface area contributed by atoms with Crippen molar-refractivity contribution in [3.63, 3.8) is 0 Å². The molecule has 1 rings (SSSR count). The Bertz CT molecular complexity index is 453. The molecule has 0 heterocycles. The minimum Gasteiger partial charge on any atom is -0.481 e. The molecule has 0 bridgehead atoms. The maximum Gasteiger partial charge on any atom is 0.315 e. The number of carboxylic acid groups (broad SMARTS) is 1. The molecule has 116 valence electrons. The van der Waals surface area contributed by atoms with Gasteiger partial charge in [-0.25, -0.2) is 4.79 Å². The highest BCUT2D eigenvalue weighted by Gasteiger charge is 2.16. The van der Waals surface area contributed by atoms with Gasteiger partial charge < -0.3 is 15.7 Å². The molecule has 1 aromatic rings. The van der Waals surface area contributed by atoms with Gasteiger partial charge in [0.25, 0.3) is 0 Å². The van der Waals surface area contributed by atoms with Crippen molar-refractivity contribution in [2.24, 2.45) is 0 Å². The number of rotatable bonds is 8. The first-order valence-electron chi connectivity index (χ1n) is 6.85. The number of thioether (sulfide) groups is 1. The molecule has 2 amide bonds. The van der Waals surface area contributed by atoms with Crippen LogP contribution in [0.25, 0.3) is 0 Å². The lowest BCUT2D eigenvalue weighted by Crippen LogP contribution is -2.43. The van der Waals surface area contributed by atoms with Crippen LogP contribution in [0.3, 0.4) is 0 Å². The van der Waals surface area contributed by atoms with Gasteiger partial charge in [0.2, 0.25) is 0 Å². The van der Waals surface area contributed by atoms with E-state index in [1.165, 1.54) is 0 Å². The van der Waals surface area contributed by atoms with E-state index < -0.39 is 5.97 Å². The van der Waals surface area contributed by atoms with Crippen LogP contribution in [0.4, 0.5) is 4.79 Å². The topological polar surface area (TPSA) is 78.4 Å². The number of amides is 2. The second-order valence-electron chi connectivity index (χ2n) is 4.87. The van der Waals surface area contributed by atoms with Crippen LogP contribution in [0.1, 0.15) is 31.4 Å². The second-order valence-corrected chi connectivity index (χ2v) is 5.78. The van der Waals surface area contributed by atoms with E-state index in [1.54, 1.807) is 11.8 Å². The zero-order valence-corrected chi connectivity index (χ0v) is 13.2. The third kappa shape index (κ3) is 7.04. The normalized spacial score (nSPS) is 13.2. The highest BCUT2D eigenvalue weighted by Crippen LogP contribution is 2.18. The number of urea groups is 1. The molecular weight excluding hydrogens is 288 g/mol. The Kier molecular flexibility index (Phi) is 7.68. The minimum atomic E-state index is -0.867. The molecule has 0 saturated heterocycles. The molecule has 0 spiro atoms. The van der Waals surface area contributed by atoms with E-state index in [4.69, 9.17) is 5.11 Å². The number of hydrogen-bond donors (Lipinski definition) is 3.